The SMILES string of the molecule is Cc1c(-c2c3c(cc[n+]2C)c2cc(F)ccc2n3-c2ccccc2)cc(C(C)(C)C)c2ccccc12. The van der Waals surface area contributed by atoms with Crippen molar-refractivity contribution in [3.8, 4) is 16.9 Å². The Kier molecular flexibility index (Phi) is 5.01. The fourth-order valence-electron chi connectivity index (χ4n) is 5.67. The van der Waals surface area contributed by atoms with Crippen LogP contribution in [0.15, 0.2) is 91.1 Å². The molecule has 0 unspecified atom stereocenters. The number of nitrogens with zero attached hydrogens (tertiary/aromatic N) is 2. The van der Waals surface area contributed by atoms with Gasteiger partial charge in [0.05, 0.1) is 11.1 Å². The predicted molar refractivity (Wildman–Crippen MR) is 148 cm³/mol. The third-order valence-electron chi connectivity index (χ3n) is 7.40. The Balaban J connectivity index is 1.84. The van der Waals surface area contributed by atoms with Crippen molar-refractivity contribution in [2.45, 2.75) is 33.1 Å². The minimum Gasteiger partial charge on any atom is -0.303 e. The molecule has 0 saturated carbocycles. The Morgan fingerprint density at radius 1 is 0.750 bits per heavy atom. The van der Waals surface area contributed by atoms with Gasteiger partial charge in [0.15, 0.2) is 6.20 Å². The molecule has 36 heavy (non-hydrogen) atoms. The molecule has 2 aromatic heterocycles. The molecule has 0 radical (unpaired) electrons. The molecule has 3 heteroatoms. The molecule has 0 aliphatic rings. The summed E-state index contributed by atoms with van der Waals surface area (Å²) in [7, 11) is 2.10. The molecule has 6 aromatic rings. The summed E-state index contributed by atoms with van der Waals surface area (Å²) in [5.41, 5.74) is 8.02. The lowest BCUT2D eigenvalue weighted by atomic mass is 9.80. The summed E-state index contributed by atoms with van der Waals surface area (Å²) in [4.78, 5) is 0. The molecule has 2 heterocycles. The molecular formula is C33H30FN2+. The van der Waals surface area contributed by atoms with E-state index in [0.29, 0.717) is 0 Å². The molecule has 178 valence electrons. The first-order valence-corrected chi connectivity index (χ1v) is 12.5. The number of benzene rings is 4. The van der Waals surface area contributed by atoms with Gasteiger partial charge in [-0.25, -0.2) is 4.39 Å². The van der Waals surface area contributed by atoms with Gasteiger partial charge in [0, 0.05) is 22.5 Å². The van der Waals surface area contributed by atoms with Gasteiger partial charge in [0.25, 0.3) is 0 Å². The van der Waals surface area contributed by atoms with Gasteiger partial charge in [-0.3, -0.25) is 0 Å². The normalized spacial score (nSPS) is 12.2. The van der Waals surface area contributed by atoms with Gasteiger partial charge in [-0.1, -0.05) is 63.2 Å². The number of aromatic nitrogens is 2. The van der Waals surface area contributed by atoms with E-state index >= 15 is 0 Å². The first-order chi connectivity index (χ1) is 17.3. The molecule has 0 N–H and O–H groups in total. The summed E-state index contributed by atoms with van der Waals surface area (Å²) in [6, 6.07) is 28.7. The van der Waals surface area contributed by atoms with Gasteiger partial charge in [-0.15, -0.1) is 0 Å². The first-order valence-electron chi connectivity index (χ1n) is 12.5. The highest BCUT2D eigenvalue weighted by atomic mass is 19.1. The second-order valence-electron chi connectivity index (χ2n) is 10.8. The van der Waals surface area contributed by atoms with Crippen molar-refractivity contribution in [2.24, 2.45) is 7.05 Å². The summed E-state index contributed by atoms with van der Waals surface area (Å²) in [5.74, 6) is -0.221. The molecule has 6 rings (SSSR count). The van der Waals surface area contributed by atoms with E-state index in [1.807, 2.05) is 12.1 Å². The summed E-state index contributed by atoms with van der Waals surface area (Å²) < 4.78 is 19.0. The summed E-state index contributed by atoms with van der Waals surface area (Å²) in [5, 5.41) is 4.54. The summed E-state index contributed by atoms with van der Waals surface area (Å²) >= 11 is 0. The van der Waals surface area contributed by atoms with E-state index in [1.54, 1.807) is 12.1 Å². The van der Waals surface area contributed by atoms with E-state index in [4.69, 9.17) is 0 Å². The van der Waals surface area contributed by atoms with Gasteiger partial charge in [-0.2, -0.15) is 4.57 Å². The average molecular weight is 474 g/mol. The summed E-state index contributed by atoms with van der Waals surface area (Å²) in [6.07, 6.45) is 2.10. The molecule has 0 fully saturated rings. The Morgan fingerprint density at radius 3 is 2.17 bits per heavy atom. The van der Waals surface area contributed by atoms with Crippen molar-refractivity contribution in [1.82, 2.24) is 4.57 Å². The zero-order valence-electron chi connectivity index (χ0n) is 21.4. The van der Waals surface area contributed by atoms with Crippen LogP contribution in [-0.2, 0) is 12.5 Å². The molecular weight excluding hydrogens is 443 g/mol. The van der Waals surface area contributed by atoms with Crippen LogP contribution >= 0.6 is 0 Å². The molecule has 2 nitrogen and oxygen atoms in total. The maximum atomic E-state index is 14.5. The molecule has 0 saturated heterocycles. The van der Waals surface area contributed by atoms with Crippen molar-refractivity contribution in [1.29, 1.82) is 0 Å². The van der Waals surface area contributed by atoms with Crippen LogP contribution in [0.4, 0.5) is 4.39 Å². The van der Waals surface area contributed by atoms with Crippen molar-refractivity contribution < 1.29 is 8.96 Å². The highest BCUT2D eigenvalue weighted by Gasteiger charge is 2.28. The molecule has 0 aliphatic heterocycles. The molecule has 4 aromatic carbocycles. The van der Waals surface area contributed by atoms with Crippen LogP contribution in [0.3, 0.4) is 0 Å². The van der Waals surface area contributed by atoms with E-state index in [0.717, 1.165) is 33.2 Å². The average Bonchev–Trinajstić information content (AvgIpc) is 3.18. The zero-order valence-corrected chi connectivity index (χ0v) is 21.4. The Labute approximate surface area is 211 Å². The van der Waals surface area contributed by atoms with Crippen LogP contribution in [0.2, 0.25) is 0 Å². The number of aryl methyl sites for hydroxylation is 2. The van der Waals surface area contributed by atoms with Gasteiger partial charge in [-0.05, 0) is 70.6 Å². The summed E-state index contributed by atoms with van der Waals surface area (Å²) in [6.45, 7) is 9.05. The van der Waals surface area contributed by atoms with Crippen molar-refractivity contribution in [3.05, 3.63) is 108 Å². The number of hydrogen-bond donors (Lipinski definition) is 0. The van der Waals surface area contributed by atoms with Crippen molar-refractivity contribution in [2.75, 3.05) is 0 Å². The number of halogens is 1. The van der Waals surface area contributed by atoms with Crippen LogP contribution in [0.25, 0.3) is 49.5 Å². The first kappa shape index (κ1) is 22.5. The van der Waals surface area contributed by atoms with Gasteiger partial charge >= 0.3 is 0 Å². The predicted octanol–water partition coefficient (Wildman–Crippen LogP) is 8.17. The van der Waals surface area contributed by atoms with Crippen LogP contribution in [0.1, 0.15) is 31.9 Å². The smallest absolute Gasteiger partial charge is 0.237 e. The Hall–Kier alpha value is -3.98. The lowest BCUT2D eigenvalue weighted by Gasteiger charge is -2.24. The van der Waals surface area contributed by atoms with Crippen LogP contribution in [-0.4, -0.2) is 4.57 Å². The van der Waals surface area contributed by atoms with Crippen molar-refractivity contribution in [3.63, 3.8) is 0 Å². The topological polar surface area (TPSA) is 8.81 Å². The largest absolute Gasteiger partial charge is 0.303 e. The van der Waals surface area contributed by atoms with E-state index in [1.165, 1.54) is 27.5 Å². The molecule has 0 spiro atoms. The fraction of sp³-hybridized carbons (Fsp3) is 0.182. The quantitative estimate of drug-likeness (QED) is 0.224. The maximum Gasteiger partial charge on any atom is 0.237 e. The van der Waals surface area contributed by atoms with E-state index < -0.39 is 0 Å². The zero-order chi connectivity index (χ0) is 25.2. The highest BCUT2D eigenvalue weighted by molar-refractivity contribution is 6.13. The van der Waals surface area contributed by atoms with E-state index in [2.05, 4.69) is 111 Å². The van der Waals surface area contributed by atoms with E-state index in [9.17, 15) is 4.39 Å². The fourth-order valence-corrected chi connectivity index (χ4v) is 5.67. The minimum absolute atomic E-state index is 0.0240. The monoisotopic (exact) mass is 473 g/mol. The molecule has 0 atom stereocenters. The van der Waals surface area contributed by atoms with E-state index in [-0.39, 0.29) is 11.2 Å². The molecule has 0 amide bonds. The third-order valence-corrected chi connectivity index (χ3v) is 7.40. The number of pyridine rings is 1. The molecule has 0 aliphatic carbocycles. The molecule has 0 bridgehead atoms. The lowest BCUT2D eigenvalue weighted by molar-refractivity contribution is -0.659. The third kappa shape index (κ3) is 3.34. The Morgan fingerprint density at radius 2 is 1.44 bits per heavy atom. The van der Waals surface area contributed by atoms with Crippen LogP contribution in [0, 0.1) is 12.7 Å². The number of fused-ring (bicyclic) bond motifs is 4. The number of para-hydroxylation sites is 1. The lowest BCUT2D eigenvalue weighted by Crippen LogP contribution is -2.31. The van der Waals surface area contributed by atoms with Crippen LogP contribution < -0.4 is 4.57 Å². The number of hydrogen-bond acceptors (Lipinski definition) is 0. The highest BCUT2D eigenvalue weighted by Crippen LogP contribution is 2.41. The van der Waals surface area contributed by atoms with Crippen LogP contribution in [0.5, 0.6) is 0 Å². The maximum absolute atomic E-state index is 14.5. The van der Waals surface area contributed by atoms with Gasteiger partial charge in [0.1, 0.15) is 18.4 Å². The Bertz CT molecular complexity index is 1790. The van der Waals surface area contributed by atoms with Crippen molar-refractivity contribution >= 4 is 32.6 Å². The second kappa shape index (κ2) is 8.03. The standard InChI is InChI=1S/C33H30FN2/c1-21-24-13-9-10-14-25(24)29(33(2,3)4)20-27(21)31-32-26(17-18-35(31)5)28-19-22(34)15-16-30(28)36(32)23-11-7-6-8-12-23/h6-20H,1-5H3/q+1. The number of rotatable bonds is 2. The van der Waals surface area contributed by atoms with Gasteiger partial charge in [0.2, 0.25) is 5.69 Å². The minimum atomic E-state index is -0.221. The second-order valence-corrected chi connectivity index (χ2v) is 10.8. The van der Waals surface area contributed by atoms with Gasteiger partial charge < -0.3 is 4.57 Å².